The van der Waals surface area contributed by atoms with Gasteiger partial charge in [0.2, 0.25) is 0 Å². The van der Waals surface area contributed by atoms with E-state index in [1.165, 1.54) is 199 Å². The molecule has 0 radical (unpaired) electrons. The highest BCUT2D eigenvalue weighted by Gasteiger charge is 2.19. The van der Waals surface area contributed by atoms with Crippen LogP contribution < -0.4 is 0 Å². The number of esters is 3. The lowest BCUT2D eigenvalue weighted by molar-refractivity contribution is -0.167. The van der Waals surface area contributed by atoms with E-state index in [4.69, 9.17) is 14.2 Å². The van der Waals surface area contributed by atoms with Gasteiger partial charge in [-0.25, -0.2) is 0 Å². The number of unbranched alkanes of at least 4 members (excludes halogenated alkanes) is 37. The smallest absolute Gasteiger partial charge is 0.306 e. The van der Waals surface area contributed by atoms with Gasteiger partial charge in [0.1, 0.15) is 13.2 Å². The third-order valence-electron chi connectivity index (χ3n) is 15.3. The second-order valence-corrected chi connectivity index (χ2v) is 23.4. The molecule has 0 saturated heterocycles. The minimum Gasteiger partial charge on any atom is -0.462 e. The Balaban J connectivity index is 4.32. The van der Waals surface area contributed by atoms with Crippen molar-refractivity contribution in [3.05, 3.63) is 97.2 Å². The summed E-state index contributed by atoms with van der Waals surface area (Å²) in [6.45, 7) is 6.55. The maximum absolute atomic E-state index is 13.0. The molecule has 82 heavy (non-hydrogen) atoms. The molecule has 1 atom stereocenters. The molecule has 0 aromatic rings. The summed E-state index contributed by atoms with van der Waals surface area (Å²) in [6.07, 6.45) is 94.2. The number of rotatable bonds is 64. The van der Waals surface area contributed by atoms with Crippen molar-refractivity contribution in [3.8, 4) is 0 Å². The SMILES string of the molecule is CC/C=C\C/C=C\C/C=C\C/C=C\C/C=C\CCCCCCCCCC(=O)OC(COC(=O)CCCCCCCCCCCCCC/C=C\C/C=C\C/C=C\CCCCCCC)COC(=O)CCCCCCCCCCCCCCCC. The van der Waals surface area contributed by atoms with Gasteiger partial charge in [-0.15, -0.1) is 0 Å². The van der Waals surface area contributed by atoms with E-state index in [-0.39, 0.29) is 31.1 Å². The first kappa shape index (κ1) is 78.3. The average molecular weight is 1140 g/mol. The Labute approximate surface area is 508 Å². The highest BCUT2D eigenvalue weighted by molar-refractivity contribution is 5.71. The second kappa shape index (κ2) is 69.8. The van der Waals surface area contributed by atoms with Crippen LogP contribution in [-0.2, 0) is 28.6 Å². The quantitative estimate of drug-likeness (QED) is 0.0261. The predicted octanol–water partition coefficient (Wildman–Crippen LogP) is 24.4. The van der Waals surface area contributed by atoms with Crippen molar-refractivity contribution in [2.75, 3.05) is 13.2 Å². The summed E-state index contributed by atoms with van der Waals surface area (Å²) in [7, 11) is 0. The molecule has 0 aliphatic heterocycles. The summed E-state index contributed by atoms with van der Waals surface area (Å²) in [5, 5.41) is 0. The first-order chi connectivity index (χ1) is 40.5. The molecule has 0 aliphatic rings. The second-order valence-electron chi connectivity index (χ2n) is 23.4. The Morgan fingerprint density at radius 2 is 0.476 bits per heavy atom. The predicted molar refractivity (Wildman–Crippen MR) is 357 cm³/mol. The van der Waals surface area contributed by atoms with Gasteiger partial charge in [0.25, 0.3) is 0 Å². The average Bonchev–Trinajstić information content (AvgIpc) is 3.47. The molecule has 1 unspecified atom stereocenters. The van der Waals surface area contributed by atoms with Crippen LogP contribution in [0.25, 0.3) is 0 Å². The Kier molecular flexibility index (Phi) is 66.7. The molecule has 0 fully saturated rings. The molecule has 0 heterocycles. The molecule has 0 N–H and O–H groups in total. The summed E-state index contributed by atoms with van der Waals surface area (Å²) in [5.74, 6) is -0.876. The molecule has 0 spiro atoms. The van der Waals surface area contributed by atoms with Crippen molar-refractivity contribution in [2.24, 2.45) is 0 Å². The zero-order valence-electron chi connectivity index (χ0n) is 54.2. The molecule has 0 saturated carbocycles. The van der Waals surface area contributed by atoms with Crippen LogP contribution in [0, 0.1) is 0 Å². The fourth-order valence-corrected chi connectivity index (χ4v) is 10.1. The van der Waals surface area contributed by atoms with Crippen molar-refractivity contribution in [1.29, 1.82) is 0 Å². The van der Waals surface area contributed by atoms with Crippen LogP contribution >= 0.6 is 0 Å². The van der Waals surface area contributed by atoms with Crippen LogP contribution in [0.3, 0.4) is 0 Å². The Morgan fingerprint density at radius 1 is 0.256 bits per heavy atom. The number of hydrogen-bond acceptors (Lipinski definition) is 6. The van der Waals surface area contributed by atoms with Gasteiger partial charge < -0.3 is 14.2 Å². The molecule has 6 nitrogen and oxygen atoms in total. The van der Waals surface area contributed by atoms with Crippen molar-refractivity contribution in [1.82, 2.24) is 0 Å². The van der Waals surface area contributed by atoms with Crippen LogP contribution in [0.1, 0.15) is 348 Å². The topological polar surface area (TPSA) is 78.9 Å². The molecule has 0 aliphatic carbocycles. The third kappa shape index (κ3) is 67.1. The monoisotopic (exact) mass is 1140 g/mol. The van der Waals surface area contributed by atoms with Crippen LogP contribution in [0.5, 0.6) is 0 Å². The molecule has 6 heteroatoms. The Bertz CT molecular complexity index is 1590. The summed E-state index contributed by atoms with van der Waals surface area (Å²) in [5.41, 5.74) is 0. The zero-order chi connectivity index (χ0) is 59.2. The van der Waals surface area contributed by atoms with E-state index >= 15 is 0 Å². The van der Waals surface area contributed by atoms with Crippen molar-refractivity contribution >= 4 is 17.9 Å². The van der Waals surface area contributed by atoms with Gasteiger partial charge in [-0.2, -0.15) is 0 Å². The van der Waals surface area contributed by atoms with E-state index in [1.807, 2.05) is 0 Å². The molecule has 472 valence electrons. The van der Waals surface area contributed by atoms with Crippen molar-refractivity contribution in [2.45, 2.75) is 354 Å². The fraction of sp³-hybridized carbons (Fsp3) is 0.750. The van der Waals surface area contributed by atoms with Gasteiger partial charge in [-0.1, -0.05) is 323 Å². The van der Waals surface area contributed by atoms with Gasteiger partial charge in [0, 0.05) is 19.3 Å². The van der Waals surface area contributed by atoms with Gasteiger partial charge in [0.15, 0.2) is 6.10 Å². The molecule has 0 bridgehead atoms. The lowest BCUT2D eigenvalue weighted by Gasteiger charge is -2.18. The minimum absolute atomic E-state index is 0.0794. The van der Waals surface area contributed by atoms with Crippen molar-refractivity contribution < 1.29 is 28.6 Å². The highest BCUT2D eigenvalue weighted by atomic mass is 16.6. The van der Waals surface area contributed by atoms with Gasteiger partial charge in [-0.05, 0) is 103 Å². The largest absolute Gasteiger partial charge is 0.462 e. The highest BCUT2D eigenvalue weighted by Crippen LogP contribution is 2.17. The van der Waals surface area contributed by atoms with Gasteiger partial charge in [-0.3, -0.25) is 14.4 Å². The maximum Gasteiger partial charge on any atom is 0.306 e. The van der Waals surface area contributed by atoms with E-state index in [0.29, 0.717) is 19.3 Å². The van der Waals surface area contributed by atoms with Crippen LogP contribution in [0.4, 0.5) is 0 Å². The zero-order valence-corrected chi connectivity index (χ0v) is 54.2. The van der Waals surface area contributed by atoms with Crippen LogP contribution in [0.15, 0.2) is 97.2 Å². The molecule has 0 amide bonds. The van der Waals surface area contributed by atoms with Crippen LogP contribution in [0.2, 0.25) is 0 Å². The number of hydrogen-bond donors (Lipinski definition) is 0. The van der Waals surface area contributed by atoms with E-state index in [2.05, 4.69) is 118 Å². The number of carbonyl (C=O) groups is 3. The molecule has 0 aromatic carbocycles. The molecule has 0 rings (SSSR count). The number of ether oxygens (including phenoxy) is 3. The first-order valence-electron chi connectivity index (χ1n) is 35.2. The molecular formula is C76H132O6. The maximum atomic E-state index is 13.0. The fourth-order valence-electron chi connectivity index (χ4n) is 10.1. The van der Waals surface area contributed by atoms with Crippen LogP contribution in [-0.4, -0.2) is 37.2 Å². The minimum atomic E-state index is -0.785. The Hall–Kier alpha value is -3.67. The summed E-state index contributed by atoms with van der Waals surface area (Å²) in [6, 6.07) is 0. The molecular weight excluding hydrogens is 1010 g/mol. The summed E-state index contributed by atoms with van der Waals surface area (Å²) >= 11 is 0. The Morgan fingerprint density at radius 3 is 0.744 bits per heavy atom. The lowest BCUT2D eigenvalue weighted by atomic mass is 10.0. The normalized spacial score (nSPS) is 12.7. The van der Waals surface area contributed by atoms with E-state index < -0.39 is 6.10 Å². The van der Waals surface area contributed by atoms with E-state index in [0.717, 1.165) is 109 Å². The van der Waals surface area contributed by atoms with E-state index in [1.54, 1.807) is 0 Å². The lowest BCUT2D eigenvalue weighted by Crippen LogP contribution is -2.30. The summed E-state index contributed by atoms with van der Waals surface area (Å²) in [4.78, 5) is 38.5. The standard InChI is InChI=1S/C76H132O6/c1-4-7-10-13-16-19-22-25-28-30-32-34-36-37-38-39-41-42-44-46-48-51-54-57-60-63-66-69-75(78)81-72-73(71-80-74(77)68-65-62-59-56-53-50-27-24-21-18-15-12-9-6-3)82-76(79)70-67-64-61-58-55-52-49-47-45-43-40-35-33-31-29-26-23-20-17-14-11-8-5-2/h8,11,17,20,22,25-26,29-30,32-33,35-37,43,45,73H,4-7,9-10,12-16,18-19,21,23-24,27-28,31,34,38-42,44,46-72H2,1-3H3/b11-8-,20-17-,25-22-,29-26-,32-30-,35-33-,37-36-,45-43-. The van der Waals surface area contributed by atoms with Crippen molar-refractivity contribution in [3.63, 3.8) is 0 Å². The third-order valence-corrected chi connectivity index (χ3v) is 15.3. The first-order valence-corrected chi connectivity index (χ1v) is 35.2. The van der Waals surface area contributed by atoms with E-state index in [9.17, 15) is 14.4 Å². The summed E-state index contributed by atoms with van der Waals surface area (Å²) < 4.78 is 17.0. The van der Waals surface area contributed by atoms with Gasteiger partial charge >= 0.3 is 17.9 Å². The van der Waals surface area contributed by atoms with Gasteiger partial charge in [0.05, 0.1) is 0 Å². The number of carbonyl (C=O) groups excluding carboxylic acids is 3. The molecule has 0 aromatic heterocycles. The number of allylic oxidation sites excluding steroid dienone is 16.